The van der Waals surface area contributed by atoms with Crippen molar-refractivity contribution in [2.45, 2.75) is 25.8 Å². The monoisotopic (exact) mass is 501 g/mol. The number of aryl methyl sites for hydroxylation is 1. The van der Waals surface area contributed by atoms with Gasteiger partial charge in [-0.15, -0.1) is 0 Å². The van der Waals surface area contributed by atoms with Crippen LogP contribution in [0, 0.1) is 0 Å². The zero-order valence-corrected chi connectivity index (χ0v) is 20.9. The first-order valence-electron chi connectivity index (χ1n) is 10.8. The van der Waals surface area contributed by atoms with Gasteiger partial charge in [0.2, 0.25) is 0 Å². The van der Waals surface area contributed by atoms with Crippen LogP contribution in [0.3, 0.4) is 0 Å². The SMILES string of the molecule is COC(=O)Cc1cc(Cl)cc(-c2c3c(nn2C)C(C)N(C(=O)c2cccc(OC)c2Cl)CC3)c1. The van der Waals surface area contributed by atoms with Crippen LogP contribution in [0.4, 0.5) is 0 Å². The minimum atomic E-state index is -0.334. The van der Waals surface area contributed by atoms with Crippen molar-refractivity contribution in [2.75, 3.05) is 20.8 Å². The predicted molar refractivity (Wildman–Crippen MR) is 131 cm³/mol. The molecule has 178 valence electrons. The van der Waals surface area contributed by atoms with Crippen LogP contribution in [-0.2, 0) is 29.4 Å². The summed E-state index contributed by atoms with van der Waals surface area (Å²) in [5, 5.41) is 5.58. The molecule has 0 fully saturated rings. The Balaban J connectivity index is 1.69. The Hall–Kier alpha value is -3.03. The lowest BCUT2D eigenvalue weighted by Gasteiger charge is -2.33. The van der Waals surface area contributed by atoms with E-state index in [-0.39, 0.29) is 24.3 Å². The zero-order valence-electron chi connectivity index (χ0n) is 19.4. The number of esters is 1. The number of nitrogens with zero attached hydrogens (tertiary/aromatic N) is 3. The molecule has 0 spiro atoms. The number of halogens is 2. The molecule has 2 heterocycles. The number of methoxy groups -OCH3 is 2. The maximum absolute atomic E-state index is 13.4. The summed E-state index contributed by atoms with van der Waals surface area (Å²) in [4.78, 5) is 26.9. The van der Waals surface area contributed by atoms with Gasteiger partial charge in [-0.3, -0.25) is 14.3 Å². The molecule has 1 amide bonds. The van der Waals surface area contributed by atoms with Crippen LogP contribution >= 0.6 is 23.2 Å². The van der Waals surface area contributed by atoms with Gasteiger partial charge in [0.15, 0.2) is 0 Å². The van der Waals surface area contributed by atoms with Crippen LogP contribution in [0.25, 0.3) is 11.3 Å². The van der Waals surface area contributed by atoms with Crippen LogP contribution in [0.2, 0.25) is 10.0 Å². The van der Waals surface area contributed by atoms with E-state index >= 15 is 0 Å². The second kappa shape index (κ2) is 9.68. The summed E-state index contributed by atoms with van der Waals surface area (Å²) in [6.07, 6.45) is 0.749. The zero-order chi connectivity index (χ0) is 24.6. The molecule has 0 saturated carbocycles. The van der Waals surface area contributed by atoms with Crippen molar-refractivity contribution in [1.29, 1.82) is 0 Å². The lowest BCUT2D eigenvalue weighted by Crippen LogP contribution is -2.39. The van der Waals surface area contributed by atoms with Crippen LogP contribution in [0.15, 0.2) is 36.4 Å². The highest BCUT2D eigenvalue weighted by atomic mass is 35.5. The summed E-state index contributed by atoms with van der Waals surface area (Å²) < 4.78 is 11.9. The number of hydrogen-bond acceptors (Lipinski definition) is 5. The number of hydrogen-bond donors (Lipinski definition) is 0. The van der Waals surface area contributed by atoms with Gasteiger partial charge in [-0.25, -0.2) is 0 Å². The summed E-state index contributed by atoms with van der Waals surface area (Å²) >= 11 is 12.8. The molecule has 34 heavy (non-hydrogen) atoms. The summed E-state index contributed by atoms with van der Waals surface area (Å²) in [7, 11) is 4.75. The Bertz CT molecular complexity index is 1270. The number of carbonyl (C=O) groups excluding carboxylic acids is 2. The van der Waals surface area contributed by atoms with Gasteiger partial charge in [0.25, 0.3) is 5.91 Å². The van der Waals surface area contributed by atoms with Gasteiger partial charge in [0, 0.05) is 29.7 Å². The molecule has 7 nitrogen and oxygen atoms in total. The number of ether oxygens (including phenoxy) is 2. The number of rotatable bonds is 5. The van der Waals surface area contributed by atoms with E-state index in [0.717, 1.165) is 28.1 Å². The third kappa shape index (κ3) is 4.38. The Labute approximate surface area is 208 Å². The van der Waals surface area contributed by atoms with Gasteiger partial charge >= 0.3 is 5.97 Å². The maximum atomic E-state index is 13.4. The molecule has 3 aromatic rings. The van der Waals surface area contributed by atoms with E-state index in [2.05, 4.69) is 0 Å². The Morgan fingerprint density at radius 2 is 1.94 bits per heavy atom. The van der Waals surface area contributed by atoms with Crippen LogP contribution in [0.1, 0.15) is 40.1 Å². The van der Waals surface area contributed by atoms with Gasteiger partial charge < -0.3 is 14.4 Å². The smallest absolute Gasteiger partial charge is 0.309 e. The van der Waals surface area contributed by atoms with Crippen molar-refractivity contribution >= 4 is 35.1 Å². The fraction of sp³-hybridized carbons (Fsp3) is 0.320. The standard InChI is InChI=1S/C25H25Cl2N3O4/c1-14-23-19(8-9-30(14)25(32)18-6-5-7-20(33-3)22(18)27)24(29(2)28-23)16-10-15(11-17(26)13-16)12-21(31)34-4/h5-7,10-11,13-14H,8-9,12H2,1-4H3. The highest BCUT2D eigenvalue weighted by molar-refractivity contribution is 6.35. The van der Waals surface area contributed by atoms with Crippen molar-refractivity contribution in [3.63, 3.8) is 0 Å². The average molecular weight is 502 g/mol. The number of benzene rings is 2. The first kappa shape index (κ1) is 24.1. The first-order valence-corrected chi connectivity index (χ1v) is 11.6. The highest BCUT2D eigenvalue weighted by Crippen LogP contribution is 2.38. The predicted octanol–water partition coefficient (Wildman–Crippen LogP) is 4.88. The van der Waals surface area contributed by atoms with E-state index < -0.39 is 0 Å². The second-order valence-corrected chi connectivity index (χ2v) is 9.00. The normalized spacial score (nSPS) is 15.1. The van der Waals surface area contributed by atoms with Gasteiger partial charge in [0.05, 0.1) is 48.7 Å². The minimum Gasteiger partial charge on any atom is -0.495 e. The Morgan fingerprint density at radius 1 is 1.18 bits per heavy atom. The molecule has 4 rings (SSSR count). The van der Waals surface area contributed by atoms with E-state index in [4.69, 9.17) is 37.8 Å². The molecular weight excluding hydrogens is 477 g/mol. The van der Waals surface area contributed by atoms with Crippen LogP contribution < -0.4 is 4.74 Å². The summed E-state index contributed by atoms with van der Waals surface area (Å²) in [5.41, 5.74) is 4.83. The third-order valence-corrected chi connectivity index (χ3v) is 6.73. The topological polar surface area (TPSA) is 73.7 Å². The quantitative estimate of drug-likeness (QED) is 0.465. The fourth-order valence-electron chi connectivity index (χ4n) is 4.50. The fourth-order valence-corrected chi connectivity index (χ4v) is 5.04. The molecule has 9 heteroatoms. The Kier molecular flexibility index (Phi) is 6.86. The molecule has 1 aliphatic rings. The van der Waals surface area contributed by atoms with Gasteiger partial charge in [0.1, 0.15) is 5.75 Å². The van der Waals surface area contributed by atoms with Crippen molar-refractivity contribution in [2.24, 2.45) is 7.05 Å². The lowest BCUT2D eigenvalue weighted by molar-refractivity contribution is -0.139. The van der Waals surface area contributed by atoms with Crippen LogP contribution in [-0.4, -0.2) is 47.3 Å². The minimum absolute atomic E-state index is 0.129. The summed E-state index contributed by atoms with van der Waals surface area (Å²) in [5.74, 6) is -0.0432. The highest BCUT2D eigenvalue weighted by Gasteiger charge is 2.34. The number of amides is 1. The molecule has 1 atom stereocenters. The van der Waals surface area contributed by atoms with E-state index in [9.17, 15) is 9.59 Å². The molecule has 0 radical (unpaired) electrons. The maximum Gasteiger partial charge on any atom is 0.309 e. The van der Waals surface area contributed by atoms with Crippen molar-refractivity contribution < 1.29 is 19.1 Å². The van der Waals surface area contributed by atoms with Crippen LogP contribution in [0.5, 0.6) is 5.75 Å². The average Bonchev–Trinajstić information content (AvgIpc) is 3.15. The van der Waals surface area contributed by atoms with Gasteiger partial charge in [-0.2, -0.15) is 5.10 Å². The van der Waals surface area contributed by atoms with Crippen molar-refractivity contribution in [1.82, 2.24) is 14.7 Å². The van der Waals surface area contributed by atoms with E-state index in [0.29, 0.717) is 34.3 Å². The van der Waals surface area contributed by atoms with E-state index in [1.54, 1.807) is 33.8 Å². The molecule has 1 aromatic heterocycles. The number of carbonyl (C=O) groups is 2. The van der Waals surface area contributed by atoms with Crippen molar-refractivity contribution in [3.05, 3.63) is 68.8 Å². The summed E-state index contributed by atoms with van der Waals surface area (Å²) in [6, 6.07) is 10.5. The molecule has 1 unspecified atom stereocenters. The van der Waals surface area contributed by atoms with Gasteiger partial charge in [-0.05, 0) is 49.2 Å². The first-order chi connectivity index (χ1) is 16.2. The summed E-state index contributed by atoms with van der Waals surface area (Å²) in [6.45, 7) is 2.47. The lowest BCUT2D eigenvalue weighted by atomic mass is 9.94. The van der Waals surface area contributed by atoms with Gasteiger partial charge in [-0.1, -0.05) is 29.3 Å². The molecule has 1 aliphatic heterocycles. The van der Waals surface area contributed by atoms with E-state index in [1.165, 1.54) is 14.2 Å². The number of fused-ring (bicyclic) bond motifs is 1. The van der Waals surface area contributed by atoms with E-state index in [1.807, 2.05) is 26.1 Å². The molecule has 2 aromatic carbocycles. The molecule has 0 N–H and O–H groups in total. The van der Waals surface area contributed by atoms with Crippen molar-refractivity contribution in [3.8, 4) is 17.0 Å². The molecule has 0 aliphatic carbocycles. The third-order valence-electron chi connectivity index (χ3n) is 6.12. The molecule has 0 saturated heterocycles. The largest absolute Gasteiger partial charge is 0.495 e. The number of aromatic nitrogens is 2. The Morgan fingerprint density at radius 3 is 2.65 bits per heavy atom. The molecular formula is C25H25Cl2N3O4. The second-order valence-electron chi connectivity index (χ2n) is 8.18. The molecule has 0 bridgehead atoms.